The standard InChI is InChI=1S/C29H33F6N3O3S/c30-28(31,32)13-5-1-2-6-14-37-19-24(18-36-37)27(29(33,34)35)17-23(16-26(39)38(27)42(40,41)25-11-12-25)22-10-9-20-7-3-4-8-21(20)15-22/h9-10,15-16,18-19,25H,1-8,11-14,17H2. The molecule has 13 heteroatoms. The molecule has 1 aromatic heterocycles. The van der Waals surface area contributed by atoms with E-state index in [0.717, 1.165) is 55.3 Å². The molecule has 1 unspecified atom stereocenters. The smallest absolute Gasteiger partial charge is 0.272 e. The van der Waals surface area contributed by atoms with Gasteiger partial charge in [0.25, 0.3) is 5.91 Å². The van der Waals surface area contributed by atoms with Crippen LogP contribution in [0.5, 0.6) is 0 Å². The minimum Gasteiger partial charge on any atom is -0.272 e. The first-order chi connectivity index (χ1) is 19.7. The van der Waals surface area contributed by atoms with Gasteiger partial charge in [0.2, 0.25) is 10.0 Å². The molecule has 1 aliphatic heterocycles. The summed E-state index contributed by atoms with van der Waals surface area (Å²) in [5.41, 5.74) is -0.977. The Hall–Kier alpha value is -2.83. The second kappa shape index (κ2) is 11.3. The quantitative estimate of drug-likeness (QED) is 0.216. The third-order valence-corrected chi connectivity index (χ3v) is 10.7. The van der Waals surface area contributed by atoms with Gasteiger partial charge >= 0.3 is 12.4 Å². The maximum absolute atomic E-state index is 15.4. The first-order valence-electron chi connectivity index (χ1n) is 14.3. The normalized spacial score (nSPS) is 21.8. The second-order valence-corrected chi connectivity index (χ2v) is 13.6. The van der Waals surface area contributed by atoms with Gasteiger partial charge in [-0.25, -0.2) is 12.7 Å². The van der Waals surface area contributed by atoms with Crippen molar-refractivity contribution >= 4 is 21.5 Å². The number of benzene rings is 1. The Morgan fingerprint density at radius 3 is 2.31 bits per heavy atom. The summed E-state index contributed by atoms with van der Waals surface area (Å²) in [6, 6.07) is 5.37. The average molecular weight is 618 g/mol. The molecule has 2 aromatic rings. The van der Waals surface area contributed by atoms with Crippen molar-refractivity contribution in [1.29, 1.82) is 0 Å². The molecule has 1 amide bonds. The molecule has 3 aliphatic rings. The molecule has 1 atom stereocenters. The Bertz CT molecular complexity index is 1460. The number of rotatable bonds is 10. The van der Waals surface area contributed by atoms with Crippen molar-refractivity contribution in [3.05, 3.63) is 58.9 Å². The topological polar surface area (TPSA) is 72.3 Å². The van der Waals surface area contributed by atoms with Crippen molar-refractivity contribution in [2.45, 2.75) is 107 Å². The van der Waals surface area contributed by atoms with Crippen LogP contribution in [-0.4, -0.2) is 46.0 Å². The van der Waals surface area contributed by atoms with Gasteiger partial charge in [0.05, 0.1) is 11.4 Å². The summed E-state index contributed by atoms with van der Waals surface area (Å²) < 4.78 is 111. The predicted molar refractivity (Wildman–Crippen MR) is 144 cm³/mol. The van der Waals surface area contributed by atoms with Crippen molar-refractivity contribution < 1.29 is 39.6 Å². The van der Waals surface area contributed by atoms with Crippen LogP contribution in [0.15, 0.2) is 36.7 Å². The highest BCUT2D eigenvalue weighted by molar-refractivity contribution is 7.90. The molecule has 1 aromatic carbocycles. The van der Waals surface area contributed by atoms with E-state index in [-0.39, 0.29) is 35.7 Å². The zero-order valence-electron chi connectivity index (χ0n) is 23.0. The number of alkyl halides is 6. The molecule has 230 valence electrons. The Kier molecular flexibility index (Phi) is 8.27. The Labute approximate surface area is 240 Å². The summed E-state index contributed by atoms with van der Waals surface area (Å²) in [6.45, 7) is 0.136. The largest absolute Gasteiger partial charge is 0.417 e. The lowest BCUT2D eigenvalue weighted by Gasteiger charge is -2.46. The SMILES string of the molecule is O=C1C=C(c2ccc3c(c2)CCCC3)CC(c2cnn(CCCCCCC(F)(F)F)c2)(C(F)(F)F)N1S(=O)(=O)C1CC1. The number of nitrogens with zero attached hydrogens (tertiary/aromatic N) is 3. The number of fused-ring (bicyclic) bond motifs is 1. The number of unbranched alkanes of at least 4 members (excludes halogenated alkanes) is 3. The van der Waals surface area contributed by atoms with Crippen LogP contribution in [0.25, 0.3) is 5.57 Å². The highest BCUT2D eigenvalue weighted by Gasteiger charge is 2.67. The highest BCUT2D eigenvalue weighted by Crippen LogP contribution is 2.54. The molecular weight excluding hydrogens is 584 g/mol. The van der Waals surface area contributed by atoms with Crippen LogP contribution in [0.1, 0.15) is 86.5 Å². The summed E-state index contributed by atoms with van der Waals surface area (Å²) in [6.07, 6.45) is -2.99. The molecule has 0 N–H and O–H groups in total. The molecule has 2 heterocycles. The monoisotopic (exact) mass is 617 g/mol. The molecule has 1 saturated carbocycles. The summed E-state index contributed by atoms with van der Waals surface area (Å²) in [5.74, 6) is -1.24. The van der Waals surface area contributed by atoms with E-state index in [4.69, 9.17) is 0 Å². The fraction of sp³-hybridized carbons (Fsp3) is 0.586. The van der Waals surface area contributed by atoms with E-state index in [2.05, 4.69) is 5.10 Å². The summed E-state index contributed by atoms with van der Waals surface area (Å²) >= 11 is 0. The number of hydrogen-bond acceptors (Lipinski definition) is 4. The van der Waals surface area contributed by atoms with Crippen molar-refractivity contribution in [3.63, 3.8) is 0 Å². The zero-order valence-corrected chi connectivity index (χ0v) is 23.8. The minimum absolute atomic E-state index is 0.0397. The fourth-order valence-electron chi connectivity index (χ4n) is 6.02. The van der Waals surface area contributed by atoms with Gasteiger partial charge in [-0.15, -0.1) is 0 Å². The van der Waals surface area contributed by atoms with Crippen molar-refractivity contribution in [2.24, 2.45) is 0 Å². The molecule has 6 nitrogen and oxygen atoms in total. The van der Waals surface area contributed by atoms with Crippen LogP contribution in [0, 0.1) is 0 Å². The van der Waals surface area contributed by atoms with Crippen molar-refractivity contribution in [3.8, 4) is 0 Å². The summed E-state index contributed by atoms with van der Waals surface area (Å²) in [7, 11) is -4.64. The number of hydrogen-bond donors (Lipinski definition) is 0. The molecule has 1 fully saturated rings. The van der Waals surface area contributed by atoms with Gasteiger partial charge < -0.3 is 0 Å². The van der Waals surface area contributed by atoms with E-state index >= 15 is 13.2 Å². The number of carbonyl (C=O) groups is 1. The molecule has 2 aliphatic carbocycles. The number of sulfonamides is 1. The molecule has 42 heavy (non-hydrogen) atoms. The molecule has 0 radical (unpaired) electrons. The van der Waals surface area contributed by atoms with Gasteiger partial charge in [-0.2, -0.15) is 31.4 Å². The lowest BCUT2D eigenvalue weighted by atomic mass is 9.79. The molecular formula is C29H33F6N3O3S. The third-order valence-electron chi connectivity index (χ3n) is 8.39. The zero-order chi connectivity index (χ0) is 30.3. The van der Waals surface area contributed by atoms with E-state index < -0.39 is 57.5 Å². The van der Waals surface area contributed by atoms with Gasteiger partial charge in [-0.1, -0.05) is 31.0 Å². The van der Waals surface area contributed by atoms with Crippen LogP contribution in [0.2, 0.25) is 0 Å². The number of aryl methyl sites for hydroxylation is 3. The van der Waals surface area contributed by atoms with Gasteiger partial charge in [0, 0.05) is 37.2 Å². The first kappa shape index (κ1) is 30.6. The van der Waals surface area contributed by atoms with Crippen LogP contribution in [0.3, 0.4) is 0 Å². The maximum atomic E-state index is 15.4. The fourth-order valence-corrected chi connectivity index (χ4v) is 8.06. The van der Waals surface area contributed by atoms with E-state index in [1.54, 1.807) is 6.07 Å². The lowest BCUT2D eigenvalue weighted by molar-refractivity contribution is -0.221. The van der Waals surface area contributed by atoms with Crippen LogP contribution < -0.4 is 0 Å². The summed E-state index contributed by atoms with van der Waals surface area (Å²) in [4.78, 5) is 13.5. The average Bonchev–Trinajstić information content (AvgIpc) is 3.68. The van der Waals surface area contributed by atoms with Gasteiger partial charge in [-0.05, 0) is 73.6 Å². The summed E-state index contributed by atoms with van der Waals surface area (Å²) in [5, 5.41) is 2.99. The number of halogens is 6. The molecule has 0 bridgehead atoms. The number of carbonyl (C=O) groups excluding carboxylic acids is 1. The van der Waals surface area contributed by atoms with E-state index in [0.29, 0.717) is 24.8 Å². The predicted octanol–water partition coefficient (Wildman–Crippen LogP) is 6.84. The molecule has 0 saturated heterocycles. The van der Waals surface area contributed by atoms with Crippen molar-refractivity contribution in [2.75, 3.05) is 0 Å². The van der Waals surface area contributed by atoms with Gasteiger partial charge in [-0.3, -0.25) is 9.48 Å². The van der Waals surface area contributed by atoms with E-state index in [1.807, 2.05) is 12.1 Å². The number of aromatic nitrogens is 2. The Balaban J connectivity index is 1.48. The lowest BCUT2D eigenvalue weighted by Crippen LogP contribution is -2.62. The van der Waals surface area contributed by atoms with E-state index in [1.165, 1.54) is 4.68 Å². The third kappa shape index (κ3) is 6.12. The molecule has 5 rings (SSSR count). The number of amides is 1. The van der Waals surface area contributed by atoms with Crippen LogP contribution in [-0.2, 0) is 39.7 Å². The van der Waals surface area contributed by atoms with Gasteiger partial charge in [0.15, 0.2) is 5.54 Å². The van der Waals surface area contributed by atoms with E-state index in [9.17, 15) is 26.4 Å². The highest BCUT2D eigenvalue weighted by atomic mass is 32.2. The van der Waals surface area contributed by atoms with Crippen LogP contribution >= 0.6 is 0 Å². The Morgan fingerprint density at radius 2 is 1.64 bits per heavy atom. The minimum atomic E-state index is -5.18. The van der Waals surface area contributed by atoms with Crippen LogP contribution in [0.4, 0.5) is 26.3 Å². The van der Waals surface area contributed by atoms with Gasteiger partial charge in [0.1, 0.15) is 0 Å². The molecule has 0 spiro atoms. The maximum Gasteiger partial charge on any atom is 0.417 e. The van der Waals surface area contributed by atoms with Crippen molar-refractivity contribution in [1.82, 2.24) is 14.1 Å². The second-order valence-electron chi connectivity index (χ2n) is 11.5. The Morgan fingerprint density at radius 1 is 0.952 bits per heavy atom. The first-order valence-corrected chi connectivity index (χ1v) is 15.8.